The number of piperidine rings is 1. The molecule has 3 N–H and O–H groups in total. The molecule has 3 aromatic rings. The Morgan fingerprint density at radius 1 is 1.31 bits per heavy atom. The van der Waals surface area contributed by atoms with Crippen molar-refractivity contribution in [1.82, 2.24) is 19.9 Å². The zero-order valence-corrected chi connectivity index (χ0v) is 16.7. The van der Waals surface area contributed by atoms with Crippen LogP contribution >= 0.6 is 0 Å². The normalized spacial score (nSPS) is 20.7. The van der Waals surface area contributed by atoms with E-state index in [0.29, 0.717) is 22.4 Å². The summed E-state index contributed by atoms with van der Waals surface area (Å²) in [6.07, 6.45) is 8.10. The Morgan fingerprint density at radius 3 is 2.93 bits per heavy atom. The van der Waals surface area contributed by atoms with Crippen LogP contribution in [-0.2, 0) is 0 Å². The highest BCUT2D eigenvalue weighted by Gasteiger charge is 2.45. The van der Waals surface area contributed by atoms with E-state index in [4.69, 9.17) is 10.7 Å². The van der Waals surface area contributed by atoms with Crippen LogP contribution in [0.5, 0.6) is 0 Å². The Hall–Kier alpha value is -2.80. The van der Waals surface area contributed by atoms with Gasteiger partial charge in [-0.2, -0.15) is 5.10 Å². The number of anilines is 1. The fraction of sp³-hybridized carbons (Fsp3) is 0.409. The van der Waals surface area contributed by atoms with Crippen LogP contribution in [0.2, 0.25) is 0 Å². The van der Waals surface area contributed by atoms with Crippen LogP contribution in [0.4, 0.5) is 10.1 Å². The van der Waals surface area contributed by atoms with E-state index in [1.54, 1.807) is 10.7 Å². The molecule has 2 aromatic heterocycles. The minimum Gasteiger partial charge on any atom is -0.396 e. The number of nitrogen functional groups attached to an aromatic ring is 1. The van der Waals surface area contributed by atoms with Gasteiger partial charge in [-0.25, -0.2) is 13.9 Å². The number of aryl methyl sites for hydroxylation is 2. The summed E-state index contributed by atoms with van der Waals surface area (Å²) in [6, 6.07) is 5.49. The number of hydrogen-bond donors (Lipinski definition) is 2. The summed E-state index contributed by atoms with van der Waals surface area (Å²) in [7, 11) is 0. The third-order valence-corrected chi connectivity index (χ3v) is 6.07. The molecule has 0 bridgehead atoms. The first kappa shape index (κ1) is 18.2. The molecule has 2 fully saturated rings. The highest BCUT2D eigenvalue weighted by Crippen LogP contribution is 2.42. The molecule has 150 valence electrons. The number of halogens is 1. The Kier molecular flexibility index (Phi) is 4.17. The molecule has 7 heteroatoms. The van der Waals surface area contributed by atoms with E-state index in [1.165, 1.54) is 18.9 Å². The first-order valence-electron chi connectivity index (χ1n) is 10.1. The lowest BCUT2D eigenvalue weighted by molar-refractivity contribution is 0.348. The minimum atomic E-state index is -0.450. The lowest BCUT2D eigenvalue weighted by Gasteiger charge is -2.28. The number of aromatic nitrogens is 3. The molecule has 1 saturated heterocycles. The second-order valence-corrected chi connectivity index (χ2v) is 8.46. The zero-order chi connectivity index (χ0) is 20.2. The Bertz CT molecular complexity index is 1130. The molecular weight excluding hydrogens is 367 g/mol. The van der Waals surface area contributed by atoms with Crippen molar-refractivity contribution in [2.45, 2.75) is 51.1 Å². The van der Waals surface area contributed by atoms with E-state index in [0.717, 1.165) is 36.3 Å². The number of rotatable bonds is 3. The zero-order valence-electron chi connectivity index (χ0n) is 16.7. The molecule has 1 unspecified atom stereocenters. The van der Waals surface area contributed by atoms with Gasteiger partial charge in [-0.3, -0.25) is 4.99 Å². The van der Waals surface area contributed by atoms with Crippen LogP contribution in [0.1, 0.15) is 42.5 Å². The summed E-state index contributed by atoms with van der Waals surface area (Å²) >= 11 is 0. The van der Waals surface area contributed by atoms with Gasteiger partial charge in [-0.05, 0) is 69.8 Å². The van der Waals surface area contributed by atoms with Gasteiger partial charge in [0, 0.05) is 22.9 Å². The average molecular weight is 392 g/mol. The largest absolute Gasteiger partial charge is 0.396 e. The van der Waals surface area contributed by atoms with E-state index >= 15 is 0 Å². The summed E-state index contributed by atoms with van der Waals surface area (Å²) in [6.45, 7) is 4.89. The molecule has 1 aromatic carbocycles. The predicted molar refractivity (Wildman–Crippen MR) is 113 cm³/mol. The van der Waals surface area contributed by atoms with E-state index in [1.807, 2.05) is 32.2 Å². The second-order valence-electron chi connectivity index (χ2n) is 8.46. The number of imidazole rings is 1. The molecule has 3 heterocycles. The monoisotopic (exact) mass is 392 g/mol. The SMILES string of the molecule is Cc1cn2nc(-c3cc(F)c(N)c(C=NC4CCNC5(CC5)C4)c3)cc(C)c2n1. The number of fused-ring (bicyclic) bond motifs is 1. The Morgan fingerprint density at radius 2 is 2.14 bits per heavy atom. The van der Waals surface area contributed by atoms with Gasteiger partial charge in [0.1, 0.15) is 5.82 Å². The number of nitrogens with zero attached hydrogens (tertiary/aromatic N) is 4. The topological polar surface area (TPSA) is 80.6 Å². The third-order valence-electron chi connectivity index (χ3n) is 6.07. The summed E-state index contributed by atoms with van der Waals surface area (Å²) in [5.74, 6) is -0.450. The number of hydrogen-bond acceptors (Lipinski definition) is 5. The highest BCUT2D eigenvalue weighted by atomic mass is 19.1. The molecule has 0 amide bonds. The molecule has 1 aliphatic heterocycles. The summed E-state index contributed by atoms with van der Waals surface area (Å²) < 4.78 is 16.3. The van der Waals surface area contributed by atoms with Crippen molar-refractivity contribution in [3.05, 3.63) is 47.0 Å². The van der Waals surface area contributed by atoms with Crippen molar-refractivity contribution >= 4 is 17.5 Å². The molecule has 1 spiro atoms. The van der Waals surface area contributed by atoms with Crippen LogP contribution in [0.3, 0.4) is 0 Å². The van der Waals surface area contributed by atoms with Gasteiger partial charge in [-0.1, -0.05) is 0 Å². The van der Waals surface area contributed by atoms with Gasteiger partial charge < -0.3 is 11.1 Å². The number of benzene rings is 1. The predicted octanol–water partition coefficient (Wildman–Crippen LogP) is 3.44. The molecule has 5 rings (SSSR count). The molecule has 0 radical (unpaired) electrons. The van der Waals surface area contributed by atoms with Crippen molar-refractivity contribution in [2.24, 2.45) is 4.99 Å². The van der Waals surface area contributed by atoms with Crippen LogP contribution in [0.15, 0.2) is 29.4 Å². The molecule has 6 nitrogen and oxygen atoms in total. The Balaban J connectivity index is 1.49. The first-order chi connectivity index (χ1) is 13.9. The van der Waals surface area contributed by atoms with Gasteiger partial charge in [0.05, 0.1) is 29.3 Å². The molecule has 1 aliphatic carbocycles. The van der Waals surface area contributed by atoms with E-state index in [9.17, 15) is 4.39 Å². The fourth-order valence-corrected chi connectivity index (χ4v) is 4.25. The Labute approximate surface area is 169 Å². The molecular formula is C22H25FN6. The van der Waals surface area contributed by atoms with Crippen LogP contribution in [0.25, 0.3) is 16.9 Å². The average Bonchev–Trinajstić information content (AvgIpc) is 3.31. The molecule has 1 atom stereocenters. The quantitative estimate of drug-likeness (QED) is 0.529. The van der Waals surface area contributed by atoms with E-state index in [-0.39, 0.29) is 11.7 Å². The van der Waals surface area contributed by atoms with Gasteiger partial charge in [0.15, 0.2) is 5.65 Å². The minimum absolute atomic E-state index is 0.129. The highest BCUT2D eigenvalue weighted by molar-refractivity contribution is 5.89. The standard InChI is InChI=1S/C22H25FN6/c1-13-7-19(28-29-12-14(2)27-21(13)29)15-8-16(20(24)18(23)9-15)11-25-17-3-6-26-22(10-17)4-5-22/h7-9,11-12,17,26H,3-6,10,24H2,1-2H3. The van der Waals surface area contributed by atoms with Gasteiger partial charge >= 0.3 is 0 Å². The van der Waals surface area contributed by atoms with Gasteiger partial charge in [0.25, 0.3) is 0 Å². The number of nitrogens with two attached hydrogens (primary N) is 1. The van der Waals surface area contributed by atoms with Crippen molar-refractivity contribution in [3.63, 3.8) is 0 Å². The maximum atomic E-state index is 14.6. The third kappa shape index (κ3) is 3.40. The van der Waals surface area contributed by atoms with E-state index in [2.05, 4.69) is 15.4 Å². The lowest BCUT2D eigenvalue weighted by atomic mass is 9.98. The maximum absolute atomic E-state index is 14.6. The van der Waals surface area contributed by atoms with Crippen molar-refractivity contribution < 1.29 is 4.39 Å². The molecule has 1 saturated carbocycles. The maximum Gasteiger partial charge on any atom is 0.156 e. The van der Waals surface area contributed by atoms with Crippen molar-refractivity contribution in [1.29, 1.82) is 0 Å². The van der Waals surface area contributed by atoms with Crippen LogP contribution < -0.4 is 11.1 Å². The van der Waals surface area contributed by atoms with Gasteiger partial charge in [0.2, 0.25) is 0 Å². The van der Waals surface area contributed by atoms with E-state index < -0.39 is 5.82 Å². The fourth-order valence-electron chi connectivity index (χ4n) is 4.25. The molecule has 2 aliphatic rings. The first-order valence-corrected chi connectivity index (χ1v) is 10.1. The summed E-state index contributed by atoms with van der Waals surface area (Å²) in [5.41, 5.74) is 11.1. The smallest absolute Gasteiger partial charge is 0.156 e. The summed E-state index contributed by atoms with van der Waals surface area (Å²) in [4.78, 5) is 9.22. The summed E-state index contributed by atoms with van der Waals surface area (Å²) in [5, 5.41) is 8.21. The number of aliphatic imine (C=N–C) groups is 1. The van der Waals surface area contributed by atoms with Gasteiger partial charge in [-0.15, -0.1) is 0 Å². The molecule has 29 heavy (non-hydrogen) atoms. The second kappa shape index (κ2) is 6.62. The van der Waals surface area contributed by atoms with Crippen molar-refractivity contribution in [3.8, 4) is 11.3 Å². The number of nitrogens with one attached hydrogen (secondary N) is 1. The van der Waals surface area contributed by atoms with Crippen LogP contribution in [0, 0.1) is 19.7 Å². The van der Waals surface area contributed by atoms with Crippen molar-refractivity contribution in [2.75, 3.05) is 12.3 Å². The lowest BCUT2D eigenvalue weighted by Crippen LogP contribution is -2.41. The van der Waals surface area contributed by atoms with Crippen LogP contribution in [-0.4, -0.2) is 38.9 Å².